The highest BCUT2D eigenvalue weighted by Gasteiger charge is 2.27. The summed E-state index contributed by atoms with van der Waals surface area (Å²) in [5.74, 6) is 1.22. The van der Waals surface area contributed by atoms with Crippen molar-refractivity contribution in [1.82, 2.24) is 10.2 Å². The van der Waals surface area contributed by atoms with E-state index in [2.05, 4.69) is 10.2 Å². The molecule has 0 spiro atoms. The normalized spacial score (nSPS) is 20.2. The number of piperidine rings is 1. The number of fused-ring (bicyclic) bond motifs is 1. The van der Waals surface area contributed by atoms with E-state index in [0.717, 1.165) is 49.2 Å². The molecule has 0 aliphatic carbocycles. The molecule has 2 aliphatic heterocycles. The summed E-state index contributed by atoms with van der Waals surface area (Å²) in [6, 6.07) is 14.9. The largest absolute Gasteiger partial charge is 0.492 e. The van der Waals surface area contributed by atoms with Crippen LogP contribution in [0.15, 0.2) is 48.5 Å². The van der Waals surface area contributed by atoms with Crippen molar-refractivity contribution in [2.45, 2.75) is 25.8 Å². The van der Waals surface area contributed by atoms with Gasteiger partial charge in [0.2, 0.25) is 5.91 Å². The zero-order valence-electron chi connectivity index (χ0n) is 16.1. The molecule has 1 amide bonds. The van der Waals surface area contributed by atoms with Crippen molar-refractivity contribution >= 4 is 5.91 Å². The lowest BCUT2D eigenvalue weighted by molar-refractivity contribution is -0.126. The summed E-state index contributed by atoms with van der Waals surface area (Å²) in [4.78, 5) is 14.8. The third-order valence-corrected chi connectivity index (χ3v) is 5.87. The van der Waals surface area contributed by atoms with Crippen LogP contribution in [0.3, 0.4) is 0 Å². The van der Waals surface area contributed by atoms with E-state index in [-0.39, 0.29) is 17.6 Å². The van der Waals surface area contributed by atoms with Gasteiger partial charge in [-0.2, -0.15) is 0 Å². The second kappa shape index (κ2) is 8.74. The molecular formula is C23H27FN2O2. The minimum atomic E-state index is -0.131. The van der Waals surface area contributed by atoms with Crippen LogP contribution in [-0.4, -0.2) is 37.0 Å². The number of rotatable bonds is 5. The Labute approximate surface area is 165 Å². The Hall–Kier alpha value is -2.40. The Bertz CT molecular complexity index is 818. The van der Waals surface area contributed by atoms with E-state index in [0.29, 0.717) is 25.6 Å². The van der Waals surface area contributed by atoms with Gasteiger partial charge in [0.15, 0.2) is 0 Å². The van der Waals surface area contributed by atoms with Crippen molar-refractivity contribution in [2.24, 2.45) is 11.8 Å². The van der Waals surface area contributed by atoms with E-state index in [9.17, 15) is 9.18 Å². The number of hydrogen-bond acceptors (Lipinski definition) is 3. The predicted octanol–water partition coefficient (Wildman–Crippen LogP) is 3.41. The average molecular weight is 382 g/mol. The Morgan fingerprint density at radius 2 is 1.86 bits per heavy atom. The number of carbonyl (C=O) groups is 1. The van der Waals surface area contributed by atoms with Gasteiger partial charge >= 0.3 is 0 Å². The number of benzene rings is 2. The molecule has 5 heteroatoms. The molecular weight excluding hydrogens is 355 g/mol. The van der Waals surface area contributed by atoms with Gasteiger partial charge in [-0.15, -0.1) is 0 Å². The molecule has 1 fully saturated rings. The van der Waals surface area contributed by atoms with Gasteiger partial charge in [0.1, 0.15) is 18.2 Å². The Morgan fingerprint density at radius 3 is 2.68 bits per heavy atom. The van der Waals surface area contributed by atoms with Gasteiger partial charge in [-0.05, 0) is 56.0 Å². The van der Waals surface area contributed by atoms with Crippen LogP contribution in [0.25, 0.3) is 0 Å². The fourth-order valence-corrected chi connectivity index (χ4v) is 4.10. The molecule has 0 radical (unpaired) electrons. The summed E-state index contributed by atoms with van der Waals surface area (Å²) >= 11 is 0. The molecule has 0 aromatic heterocycles. The highest BCUT2D eigenvalue weighted by Crippen LogP contribution is 2.27. The minimum absolute atomic E-state index is 0.0864. The molecule has 1 atom stereocenters. The molecule has 0 saturated carbocycles. The number of nitrogens with zero attached hydrogens (tertiary/aromatic N) is 1. The number of nitrogens with one attached hydrogen (secondary N) is 1. The highest BCUT2D eigenvalue weighted by atomic mass is 19.1. The summed E-state index contributed by atoms with van der Waals surface area (Å²) in [5.41, 5.74) is 1.86. The van der Waals surface area contributed by atoms with Crippen molar-refractivity contribution in [3.8, 4) is 5.75 Å². The second-order valence-electron chi connectivity index (χ2n) is 7.88. The first-order valence-corrected chi connectivity index (χ1v) is 10.1. The Morgan fingerprint density at radius 1 is 1.11 bits per heavy atom. The van der Waals surface area contributed by atoms with Crippen molar-refractivity contribution in [3.05, 3.63) is 65.5 Å². The molecule has 0 unspecified atom stereocenters. The van der Waals surface area contributed by atoms with Crippen LogP contribution in [0.1, 0.15) is 24.0 Å². The number of ether oxygens (including phenoxy) is 1. The van der Waals surface area contributed by atoms with Crippen LogP contribution >= 0.6 is 0 Å². The number of likely N-dealkylation sites (tertiary alicyclic amines) is 1. The van der Waals surface area contributed by atoms with Crippen molar-refractivity contribution < 1.29 is 13.9 Å². The average Bonchev–Trinajstić information content (AvgIpc) is 2.74. The van der Waals surface area contributed by atoms with Crippen LogP contribution in [0.4, 0.5) is 4.39 Å². The number of amides is 1. The summed E-state index contributed by atoms with van der Waals surface area (Å²) in [6.45, 7) is 3.70. The third kappa shape index (κ3) is 4.53. The van der Waals surface area contributed by atoms with E-state index >= 15 is 0 Å². The molecule has 1 N–H and O–H groups in total. The first-order chi connectivity index (χ1) is 13.7. The first kappa shape index (κ1) is 18.9. The van der Waals surface area contributed by atoms with Gasteiger partial charge in [-0.25, -0.2) is 4.39 Å². The lowest BCUT2D eigenvalue weighted by Crippen LogP contribution is -2.42. The molecule has 1 saturated heterocycles. The van der Waals surface area contributed by atoms with E-state index in [1.54, 1.807) is 6.07 Å². The fourth-order valence-electron chi connectivity index (χ4n) is 4.10. The summed E-state index contributed by atoms with van der Waals surface area (Å²) in [6.07, 6.45) is 2.79. The maximum atomic E-state index is 13.8. The molecule has 4 nitrogen and oxygen atoms in total. The Kier molecular flexibility index (Phi) is 5.91. The molecule has 0 bridgehead atoms. The zero-order chi connectivity index (χ0) is 19.3. The summed E-state index contributed by atoms with van der Waals surface area (Å²) in [5, 5.41) is 3.13. The lowest BCUT2D eigenvalue weighted by Gasteiger charge is -2.32. The van der Waals surface area contributed by atoms with E-state index < -0.39 is 0 Å². The van der Waals surface area contributed by atoms with E-state index in [4.69, 9.17) is 4.74 Å². The zero-order valence-corrected chi connectivity index (χ0v) is 16.1. The van der Waals surface area contributed by atoms with Crippen molar-refractivity contribution in [3.63, 3.8) is 0 Å². The van der Waals surface area contributed by atoms with E-state index in [1.165, 1.54) is 6.07 Å². The molecule has 148 valence electrons. The Balaban J connectivity index is 1.20. The van der Waals surface area contributed by atoms with Crippen molar-refractivity contribution in [2.75, 3.05) is 26.2 Å². The molecule has 2 aromatic carbocycles. The van der Waals surface area contributed by atoms with Crippen LogP contribution < -0.4 is 10.1 Å². The van der Waals surface area contributed by atoms with Gasteiger partial charge in [-0.1, -0.05) is 36.4 Å². The maximum Gasteiger partial charge on any atom is 0.226 e. The number of carbonyl (C=O) groups excluding carboxylic acids is 1. The van der Waals surface area contributed by atoms with Crippen LogP contribution in [0, 0.1) is 17.7 Å². The monoisotopic (exact) mass is 382 g/mol. The number of hydrogen-bond donors (Lipinski definition) is 1. The van der Waals surface area contributed by atoms with Crippen LogP contribution in [-0.2, 0) is 17.8 Å². The molecule has 2 heterocycles. The molecule has 2 aliphatic rings. The molecule has 28 heavy (non-hydrogen) atoms. The van der Waals surface area contributed by atoms with E-state index in [1.807, 2.05) is 36.4 Å². The summed E-state index contributed by atoms with van der Waals surface area (Å²) in [7, 11) is 0. The summed E-state index contributed by atoms with van der Waals surface area (Å²) < 4.78 is 19.5. The molecule has 4 rings (SSSR count). The lowest BCUT2D eigenvalue weighted by atomic mass is 9.94. The topological polar surface area (TPSA) is 41.6 Å². The quantitative estimate of drug-likeness (QED) is 0.862. The predicted molar refractivity (Wildman–Crippen MR) is 107 cm³/mol. The van der Waals surface area contributed by atoms with Gasteiger partial charge in [0.05, 0.1) is 5.92 Å². The standard InChI is InChI=1S/C23H27FN2O2/c24-21-7-3-1-6-19(21)15-26-11-9-17(10-12-26)14-25-23(27)20-13-18-5-2-4-8-22(18)28-16-20/h1-8,17,20H,9-16H2,(H,25,27)/t20-/m1/s1. The minimum Gasteiger partial charge on any atom is -0.492 e. The van der Waals surface area contributed by atoms with Crippen LogP contribution in [0.5, 0.6) is 5.75 Å². The fraction of sp³-hybridized carbons (Fsp3) is 0.435. The molecule has 2 aromatic rings. The smallest absolute Gasteiger partial charge is 0.226 e. The number of para-hydroxylation sites is 1. The van der Waals surface area contributed by atoms with Gasteiger partial charge < -0.3 is 10.1 Å². The van der Waals surface area contributed by atoms with Gasteiger partial charge in [-0.3, -0.25) is 9.69 Å². The third-order valence-electron chi connectivity index (χ3n) is 5.87. The SMILES string of the molecule is O=C(NCC1CCN(Cc2ccccc2F)CC1)[C@H]1COc2ccccc2C1. The van der Waals surface area contributed by atoms with Gasteiger partial charge in [0, 0.05) is 18.7 Å². The number of halogens is 1. The highest BCUT2D eigenvalue weighted by molar-refractivity contribution is 5.79. The first-order valence-electron chi connectivity index (χ1n) is 10.1. The maximum absolute atomic E-state index is 13.8. The van der Waals surface area contributed by atoms with Crippen molar-refractivity contribution in [1.29, 1.82) is 0 Å². The van der Waals surface area contributed by atoms with Gasteiger partial charge in [0.25, 0.3) is 0 Å². The second-order valence-corrected chi connectivity index (χ2v) is 7.88. The van der Waals surface area contributed by atoms with Crippen LogP contribution in [0.2, 0.25) is 0 Å².